The molecule has 0 spiro atoms. The molecule has 1 aliphatic rings. The molecule has 6 heteroatoms. The summed E-state index contributed by atoms with van der Waals surface area (Å²) < 4.78 is 22.5. The first-order chi connectivity index (χ1) is 10.7. The van der Waals surface area contributed by atoms with E-state index in [1.165, 1.54) is 39.0 Å². The molecule has 5 nitrogen and oxygen atoms in total. The first kappa shape index (κ1) is 33.6. The molecule has 1 aliphatic carbocycles. The van der Waals surface area contributed by atoms with Crippen LogP contribution in [0, 0.1) is 38.2 Å². The fraction of sp³-hybridized carbons (Fsp3) is 0.647. The van der Waals surface area contributed by atoms with Crippen molar-refractivity contribution in [2.75, 3.05) is 6.61 Å². The third kappa shape index (κ3) is 38.7. The quantitative estimate of drug-likeness (QED) is 0.364. The van der Waals surface area contributed by atoms with Crippen LogP contribution in [0.5, 0.6) is 0 Å². The fourth-order valence-corrected chi connectivity index (χ4v) is 1.71. The van der Waals surface area contributed by atoms with Crippen molar-refractivity contribution < 1.29 is 44.9 Å². The Hall–Kier alpha value is -0.902. The molecule has 0 heterocycles. The Balaban J connectivity index is -0.0000000752. The van der Waals surface area contributed by atoms with E-state index in [1.54, 1.807) is 0 Å². The standard InChI is InChI=1S/C9H13O2.C5H10.3CO.W/c1-3-9(6-7-10)5-4-8(2)11;1-2-4-5-3-1;3*1-2;/h9-10H,4-7H2,2H3;1-5H2;;;;/q-1;;;;;+2. The number of rotatable bonds is 5. The molecule has 0 aromatic rings. The number of aliphatic hydroxyl groups excluding tert-OH is 1. The summed E-state index contributed by atoms with van der Waals surface area (Å²) in [6.45, 7) is 15.1. The molecule has 1 rings (SSSR count). The summed E-state index contributed by atoms with van der Waals surface area (Å²) in [6.07, 6.45) is 16.0. The Labute approximate surface area is 154 Å². The summed E-state index contributed by atoms with van der Waals surface area (Å²) in [5, 5.41) is 8.52. The molecule has 1 N–H and O–H groups in total. The predicted octanol–water partition coefficient (Wildman–Crippen LogP) is 2.78. The van der Waals surface area contributed by atoms with Crippen LogP contribution in [0.4, 0.5) is 0 Å². The second-order valence-corrected chi connectivity index (χ2v) is 4.36. The zero-order chi connectivity index (χ0) is 18.2. The van der Waals surface area contributed by atoms with Gasteiger partial charge < -0.3 is 22.2 Å². The van der Waals surface area contributed by atoms with Crippen molar-refractivity contribution in [3.8, 4) is 5.92 Å². The van der Waals surface area contributed by atoms with E-state index >= 15 is 0 Å². The van der Waals surface area contributed by atoms with Gasteiger partial charge in [-0.25, -0.2) is 0 Å². The topological polar surface area (TPSA) is 97.0 Å². The second-order valence-electron chi connectivity index (χ2n) is 4.36. The molecule has 1 atom stereocenters. The van der Waals surface area contributed by atoms with Crippen LogP contribution in [-0.4, -0.2) is 17.5 Å². The molecule has 0 aromatic heterocycles. The smallest absolute Gasteiger partial charge is 2.00 e. The van der Waals surface area contributed by atoms with E-state index in [4.69, 9.17) is 25.5 Å². The van der Waals surface area contributed by atoms with E-state index in [0.29, 0.717) is 19.3 Å². The van der Waals surface area contributed by atoms with E-state index in [-0.39, 0.29) is 39.4 Å². The van der Waals surface area contributed by atoms with Crippen LogP contribution in [0.1, 0.15) is 58.3 Å². The van der Waals surface area contributed by atoms with Gasteiger partial charge in [0.15, 0.2) is 0 Å². The minimum Gasteiger partial charge on any atom is 2.00 e. The van der Waals surface area contributed by atoms with Gasteiger partial charge in [-0.2, -0.15) is 0 Å². The average molecular weight is 491 g/mol. The summed E-state index contributed by atoms with van der Waals surface area (Å²) in [7, 11) is 0. The predicted molar refractivity (Wildman–Crippen MR) is 77.1 cm³/mol. The second kappa shape index (κ2) is 37.4. The van der Waals surface area contributed by atoms with E-state index in [9.17, 15) is 4.79 Å². The third-order valence-electron chi connectivity index (χ3n) is 2.78. The third-order valence-corrected chi connectivity index (χ3v) is 2.78. The molecule has 0 aliphatic heterocycles. The summed E-state index contributed by atoms with van der Waals surface area (Å²) in [4.78, 5) is 10.5. The van der Waals surface area contributed by atoms with Gasteiger partial charge in [0.05, 0.1) is 0 Å². The van der Waals surface area contributed by atoms with Crippen LogP contribution >= 0.6 is 0 Å². The molecule has 0 amide bonds. The minimum absolute atomic E-state index is 0. The van der Waals surface area contributed by atoms with Gasteiger partial charge in [0.2, 0.25) is 0 Å². The van der Waals surface area contributed by atoms with Gasteiger partial charge in [-0.3, -0.25) is 0 Å². The maximum atomic E-state index is 10.5. The first-order valence-electron chi connectivity index (χ1n) is 6.84. The van der Waals surface area contributed by atoms with Crippen molar-refractivity contribution in [1.29, 1.82) is 0 Å². The monoisotopic (exact) mass is 491 g/mol. The van der Waals surface area contributed by atoms with Crippen LogP contribution in [0.15, 0.2) is 0 Å². The molecule has 0 bridgehead atoms. The summed E-state index contributed by atoms with van der Waals surface area (Å²) in [6, 6.07) is 0. The Morgan fingerprint density at radius 1 is 1.00 bits per heavy atom. The van der Waals surface area contributed by atoms with Crippen LogP contribution in [0.3, 0.4) is 0 Å². The Bertz CT molecular complexity index is 302. The Morgan fingerprint density at radius 2 is 1.35 bits per heavy atom. The molecule has 23 heavy (non-hydrogen) atoms. The molecule has 1 unspecified atom stereocenters. The van der Waals surface area contributed by atoms with Crippen molar-refractivity contribution in [3.63, 3.8) is 0 Å². The van der Waals surface area contributed by atoms with E-state index in [0.717, 1.165) is 0 Å². The van der Waals surface area contributed by atoms with Crippen molar-refractivity contribution in [2.24, 2.45) is 5.92 Å². The van der Waals surface area contributed by atoms with Crippen molar-refractivity contribution in [2.45, 2.75) is 58.3 Å². The van der Waals surface area contributed by atoms with Crippen molar-refractivity contribution >= 4 is 5.78 Å². The van der Waals surface area contributed by atoms with Crippen LogP contribution in [0.25, 0.3) is 0 Å². The molecular weight excluding hydrogens is 468 g/mol. The fourth-order valence-electron chi connectivity index (χ4n) is 1.71. The summed E-state index contributed by atoms with van der Waals surface area (Å²) >= 11 is 0. The molecule has 0 radical (unpaired) electrons. The summed E-state index contributed by atoms with van der Waals surface area (Å²) in [5.41, 5.74) is 0. The average Bonchev–Trinajstić information content (AvgIpc) is 3.17. The van der Waals surface area contributed by atoms with Gasteiger partial charge in [-0.1, -0.05) is 32.1 Å². The van der Waals surface area contributed by atoms with E-state index in [2.05, 4.69) is 25.9 Å². The normalized spacial score (nSPS) is 11.3. The van der Waals surface area contributed by atoms with Crippen molar-refractivity contribution in [1.82, 2.24) is 0 Å². The number of carbonyl (C=O) groups is 1. The maximum Gasteiger partial charge on any atom is 2.00 e. The number of hydrogen-bond acceptors (Lipinski definition) is 2. The van der Waals surface area contributed by atoms with E-state index < -0.39 is 0 Å². The van der Waals surface area contributed by atoms with Crippen LogP contribution in [0.2, 0.25) is 0 Å². The van der Waals surface area contributed by atoms with Gasteiger partial charge in [0.25, 0.3) is 0 Å². The number of hydrogen-bond donors (Lipinski definition) is 1. The number of Topliss-reactive ketones (excluding diaryl/α,β-unsaturated/α-hetero) is 1. The van der Waals surface area contributed by atoms with Gasteiger partial charge in [-0.05, 0) is 25.7 Å². The van der Waals surface area contributed by atoms with Crippen LogP contribution < -0.4 is 0 Å². The molecule has 0 saturated heterocycles. The number of aliphatic hydroxyl groups is 1. The van der Waals surface area contributed by atoms with Gasteiger partial charge in [-0.15, -0.1) is 0 Å². The molecule has 1 saturated carbocycles. The minimum atomic E-state index is -0.0519. The van der Waals surface area contributed by atoms with Gasteiger partial charge in [0, 0.05) is 13.0 Å². The Morgan fingerprint density at radius 3 is 1.57 bits per heavy atom. The number of carbonyl (C=O) groups excluding carboxylic acids is 1. The number of ketones is 1. The van der Waals surface area contributed by atoms with Crippen LogP contribution in [-0.2, 0) is 39.8 Å². The largest absolute Gasteiger partial charge is 2.00 e. The first-order valence-corrected chi connectivity index (χ1v) is 6.84. The van der Waals surface area contributed by atoms with Gasteiger partial charge in [0.1, 0.15) is 5.78 Å². The SMILES string of the molecule is C1CCCC1.[C-]#CC(CCO)CCC(C)=O.[C-]#[O+].[C-]#[O+].[C-]#[O+].[W+2]. The molecule has 1 fully saturated rings. The Kier molecular flexibility index (Phi) is 54.7. The maximum absolute atomic E-state index is 10.5. The van der Waals surface area contributed by atoms with Gasteiger partial charge >= 0.3 is 55.0 Å². The zero-order valence-electron chi connectivity index (χ0n) is 13.4. The van der Waals surface area contributed by atoms with E-state index in [1.807, 2.05) is 0 Å². The van der Waals surface area contributed by atoms with Crippen molar-refractivity contribution in [3.05, 3.63) is 26.4 Å². The molecule has 126 valence electrons. The molecule has 0 aromatic carbocycles. The molecular formula is C17H23O5W+. The summed E-state index contributed by atoms with van der Waals surface area (Å²) in [5.74, 6) is 2.37. The zero-order valence-corrected chi connectivity index (χ0v) is 16.4.